The van der Waals surface area contributed by atoms with Crippen LogP contribution in [0.25, 0.3) is 10.9 Å². The highest BCUT2D eigenvalue weighted by Gasteiger charge is 2.09. The van der Waals surface area contributed by atoms with Crippen LogP contribution in [0.1, 0.15) is 5.69 Å². The minimum Gasteiger partial charge on any atom is -0.494 e. The Morgan fingerprint density at radius 1 is 1.33 bits per heavy atom. The number of fused-ring (bicyclic) bond motifs is 1. The topological polar surface area (TPSA) is 61.0 Å². The monoisotopic (exact) mass is 267 g/mol. The number of hydrogen-bond acceptors (Lipinski definition) is 4. The summed E-state index contributed by atoms with van der Waals surface area (Å²) in [7, 11) is 1.61. The fourth-order valence-corrected chi connectivity index (χ4v) is 1.93. The van der Waals surface area contributed by atoms with Crippen molar-refractivity contribution >= 4 is 32.8 Å². The minimum atomic E-state index is 0.264. The maximum atomic E-state index is 5.60. The van der Waals surface area contributed by atoms with Crippen LogP contribution in [0.5, 0.6) is 5.75 Å². The molecule has 0 spiro atoms. The predicted octanol–water partition coefficient (Wildman–Crippen LogP) is 2.29. The van der Waals surface area contributed by atoms with Gasteiger partial charge in [-0.05, 0) is 19.1 Å². The van der Waals surface area contributed by atoms with Gasteiger partial charge in [-0.1, -0.05) is 15.9 Å². The number of rotatable bonds is 1. The first-order valence-electron chi connectivity index (χ1n) is 4.39. The lowest BCUT2D eigenvalue weighted by Gasteiger charge is -2.07. The van der Waals surface area contributed by atoms with Crippen molar-refractivity contribution in [2.75, 3.05) is 12.8 Å². The van der Waals surface area contributed by atoms with E-state index in [4.69, 9.17) is 10.5 Å². The van der Waals surface area contributed by atoms with Gasteiger partial charge in [0.15, 0.2) is 0 Å². The van der Waals surface area contributed by atoms with E-state index >= 15 is 0 Å². The molecule has 0 aliphatic heterocycles. The quantitative estimate of drug-likeness (QED) is 0.862. The predicted molar refractivity (Wildman–Crippen MR) is 62.9 cm³/mol. The van der Waals surface area contributed by atoms with Gasteiger partial charge < -0.3 is 10.5 Å². The van der Waals surface area contributed by atoms with Gasteiger partial charge in [0.05, 0.1) is 12.8 Å². The van der Waals surface area contributed by atoms with Crippen molar-refractivity contribution in [3.63, 3.8) is 0 Å². The van der Waals surface area contributed by atoms with Gasteiger partial charge in [-0.25, -0.2) is 9.97 Å². The molecule has 0 atom stereocenters. The molecule has 0 fully saturated rings. The Kier molecular flexibility index (Phi) is 2.48. The lowest BCUT2D eigenvalue weighted by atomic mass is 10.2. The summed E-state index contributed by atoms with van der Waals surface area (Å²) < 4.78 is 6.18. The van der Waals surface area contributed by atoms with Gasteiger partial charge in [0.1, 0.15) is 11.3 Å². The summed E-state index contributed by atoms with van der Waals surface area (Å²) in [6.07, 6.45) is 0. The molecule has 0 aliphatic rings. The van der Waals surface area contributed by atoms with E-state index in [1.54, 1.807) is 7.11 Å². The molecule has 2 rings (SSSR count). The summed E-state index contributed by atoms with van der Waals surface area (Å²) >= 11 is 3.41. The first-order chi connectivity index (χ1) is 7.11. The number of nitrogens with zero attached hydrogens (tertiary/aromatic N) is 2. The summed E-state index contributed by atoms with van der Waals surface area (Å²) in [6, 6.07) is 3.81. The van der Waals surface area contributed by atoms with Crippen molar-refractivity contribution in [2.45, 2.75) is 6.92 Å². The third-order valence-electron chi connectivity index (χ3n) is 2.16. The molecular weight excluding hydrogens is 258 g/mol. The molecule has 4 nitrogen and oxygen atoms in total. The molecule has 2 aromatic rings. The van der Waals surface area contributed by atoms with E-state index in [9.17, 15) is 0 Å². The second-order valence-corrected chi connectivity index (χ2v) is 4.09. The molecule has 5 heteroatoms. The number of anilines is 1. The average molecular weight is 268 g/mol. The first kappa shape index (κ1) is 10.2. The number of halogens is 1. The normalized spacial score (nSPS) is 10.6. The van der Waals surface area contributed by atoms with Crippen molar-refractivity contribution in [3.05, 3.63) is 22.3 Å². The molecule has 0 bridgehead atoms. The zero-order valence-corrected chi connectivity index (χ0v) is 10.00. The number of methoxy groups -OCH3 is 1. The zero-order valence-electron chi connectivity index (χ0n) is 8.41. The number of benzene rings is 1. The number of hydrogen-bond donors (Lipinski definition) is 1. The third-order valence-corrected chi connectivity index (χ3v) is 2.62. The standard InChI is InChI=1S/C10H10BrN3O/c1-5-7-3-6(11)4-8(15-2)9(7)14-10(12)13-5/h3-4H,1-2H3,(H2,12,13,14). The maximum Gasteiger partial charge on any atom is 0.220 e. The van der Waals surface area contributed by atoms with Crippen molar-refractivity contribution in [1.29, 1.82) is 0 Å². The van der Waals surface area contributed by atoms with Crippen molar-refractivity contribution in [3.8, 4) is 5.75 Å². The fraction of sp³-hybridized carbons (Fsp3) is 0.200. The minimum absolute atomic E-state index is 0.264. The van der Waals surface area contributed by atoms with E-state index in [2.05, 4.69) is 25.9 Å². The molecule has 0 aliphatic carbocycles. The lowest BCUT2D eigenvalue weighted by molar-refractivity contribution is 0.418. The van der Waals surface area contributed by atoms with Gasteiger partial charge in [0.25, 0.3) is 0 Å². The van der Waals surface area contributed by atoms with Crippen LogP contribution >= 0.6 is 15.9 Å². The van der Waals surface area contributed by atoms with Crippen LogP contribution in [0, 0.1) is 6.92 Å². The number of nitrogens with two attached hydrogens (primary N) is 1. The largest absolute Gasteiger partial charge is 0.494 e. The summed E-state index contributed by atoms with van der Waals surface area (Å²) in [6.45, 7) is 1.90. The molecule has 78 valence electrons. The Bertz CT molecular complexity index is 528. The molecule has 1 heterocycles. The average Bonchev–Trinajstić information content (AvgIpc) is 2.18. The van der Waals surface area contributed by atoms with Crippen LogP contribution in [0.3, 0.4) is 0 Å². The van der Waals surface area contributed by atoms with Gasteiger partial charge in [-0.15, -0.1) is 0 Å². The van der Waals surface area contributed by atoms with Crippen LogP contribution in [-0.2, 0) is 0 Å². The molecule has 0 amide bonds. The number of nitrogen functional groups attached to an aromatic ring is 1. The SMILES string of the molecule is COc1cc(Br)cc2c(C)nc(N)nc12. The van der Waals surface area contributed by atoms with E-state index < -0.39 is 0 Å². The second kappa shape index (κ2) is 3.66. The number of aryl methyl sites for hydroxylation is 1. The molecule has 1 aromatic heterocycles. The molecule has 0 radical (unpaired) electrons. The van der Waals surface area contributed by atoms with Crippen LogP contribution < -0.4 is 10.5 Å². The van der Waals surface area contributed by atoms with Crippen molar-refractivity contribution in [1.82, 2.24) is 9.97 Å². The summed E-state index contributed by atoms with van der Waals surface area (Å²) in [5.41, 5.74) is 7.18. The van der Waals surface area contributed by atoms with Crippen molar-refractivity contribution in [2.24, 2.45) is 0 Å². The van der Waals surface area contributed by atoms with Crippen LogP contribution in [0.15, 0.2) is 16.6 Å². The van der Waals surface area contributed by atoms with Gasteiger partial charge in [0, 0.05) is 9.86 Å². The highest BCUT2D eigenvalue weighted by molar-refractivity contribution is 9.10. The number of ether oxygens (including phenoxy) is 1. The third kappa shape index (κ3) is 1.74. The number of aromatic nitrogens is 2. The zero-order chi connectivity index (χ0) is 11.0. The Labute approximate surface area is 95.6 Å². The van der Waals surface area contributed by atoms with Crippen molar-refractivity contribution < 1.29 is 4.74 Å². The Balaban J connectivity index is 2.89. The summed E-state index contributed by atoms with van der Waals surface area (Å²) in [4.78, 5) is 8.28. The van der Waals surface area contributed by atoms with Gasteiger partial charge in [0.2, 0.25) is 5.95 Å². The highest BCUT2D eigenvalue weighted by atomic mass is 79.9. The second-order valence-electron chi connectivity index (χ2n) is 3.17. The van der Waals surface area contributed by atoms with Crippen LogP contribution in [0.2, 0.25) is 0 Å². The smallest absolute Gasteiger partial charge is 0.220 e. The molecular formula is C10H10BrN3O. The Hall–Kier alpha value is -1.36. The van der Waals surface area contributed by atoms with Gasteiger partial charge in [-0.3, -0.25) is 0 Å². The molecule has 15 heavy (non-hydrogen) atoms. The highest BCUT2D eigenvalue weighted by Crippen LogP contribution is 2.30. The van der Waals surface area contributed by atoms with E-state index in [-0.39, 0.29) is 5.95 Å². The summed E-state index contributed by atoms with van der Waals surface area (Å²) in [5, 5.41) is 0.940. The maximum absolute atomic E-state index is 5.60. The summed E-state index contributed by atoms with van der Waals surface area (Å²) in [5.74, 6) is 0.956. The van der Waals surface area contributed by atoms with E-state index in [0.29, 0.717) is 5.75 Å². The van der Waals surface area contributed by atoms with E-state index in [0.717, 1.165) is 21.1 Å². The molecule has 0 saturated carbocycles. The molecule has 1 aromatic carbocycles. The van der Waals surface area contributed by atoms with Crippen LogP contribution in [-0.4, -0.2) is 17.1 Å². The Morgan fingerprint density at radius 3 is 2.73 bits per heavy atom. The van der Waals surface area contributed by atoms with E-state index in [1.165, 1.54) is 0 Å². The molecule has 2 N–H and O–H groups in total. The first-order valence-corrected chi connectivity index (χ1v) is 5.18. The molecule has 0 saturated heterocycles. The van der Waals surface area contributed by atoms with Gasteiger partial charge in [-0.2, -0.15) is 0 Å². The van der Waals surface area contributed by atoms with Gasteiger partial charge >= 0.3 is 0 Å². The van der Waals surface area contributed by atoms with Crippen LogP contribution in [0.4, 0.5) is 5.95 Å². The van der Waals surface area contributed by atoms with E-state index in [1.807, 2.05) is 19.1 Å². The fourth-order valence-electron chi connectivity index (χ4n) is 1.49. The lowest BCUT2D eigenvalue weighted by Crippen LogP contribution is -1.99. The Morgan fingerprint density at radius 2 is 2.07 bits per heavy atom. The molecule has 0 unspecified atom stereocenters.